The highest BCUT2D eigenvalue weighted by Crippen LogP contribution is 2.20. The summed E-state index contributed by atoms with van der Waals surface area (Å²) >= 11 is 0. The van der Waals surface area contributed by atoms with Crippen molar-refractivity contribution in [3.63, 3.8) is 0 Å². The van der Waals surface area contributed by atoms with Gasteiger partial charge in [-0.2, -0.15) is 5.26 Å². The van der Waals surface area contributed by atoms with Gasteiger partial charge in [-0.3, -0.25) is 4.79 Å². The van der Waals surface area contributed by atoms with Crippen molar-refractivity contribution in [2.45, 2.75) is 6.92 Å². The molecule has 0 aliphatic heterocycles. The van der Waals surface area contributed by atoms with Crippen LogP contribution in [0.25, 0.3) is 0 Å². The number of hydrogen-bond donors (Lipinski definition) is 2. The molecule has 1 amide bonds. The van der Waals surface area contributed by atoms with Crippen molar-refractivity contribution in [3.8, 4) is 6.07 Å². The first-order valence-corrected chi connectivity index (χ1v) is 5.78. The summed E-state index contributed by atoms with van der Waals surface area (Å²) in [5.41, 5.74) is 8.72. The standard InChI is InChI=1S/C15H13N3O/c1-10-3-2-4-12(7-10)15(19)18-14-6-5-11(9-16)8-13(14)17/h2-8H,17H2,1H3,(H,18,19). The van der Waals surface area contributed by atoms with Crippen molar-refractivity contribution in [3.05, 3.63) is 59.2 Å². The SMILES string of the molecule is Cc1cccc(C(=O)Nc2ccc(C#N)cc2N)c1. The molecule has 0 heterocycles. The van der Waals surface area contributed by atoms with E-state index in [4.69, 9.17) is 11.0 Å². The predicted octanol–water partition coefficient (Wildman–Crippen LogP) is 2.70. The quantitative estimate of drug-likeness (QED) is 0.805. The molecule has 0 saturated heterocycles. The maximum absolute atomic E-state index is 12.0. The number of amides is 1. The van der Waals surface area contributed by atoms with Crippen LogP contribution < -0.4 is 11.1 Å². The molecule has 0 fully saturated rings. The fraction of sp³-hybridized carbons (Fsp3) is 0.0667. The number of nitrogens with zero attached hydrogens (tertiary/aromatic N) is 1. The number of carbonyl (C=O) groups is 1. The van der Waals surface area contributed by atoms with Gasteiger partial charge in [-0.1, -0.05) is 17.7 Å². The Bertz CT molecular complexity index is 671. The summed E-state index contributed by atoms with van der Waals surface area (Å²) in [6.45, 7) is 1.92. The zero-order chi connectivity index (χ0) is 13.8. The van der Waals surface area contributed by atoms with Crippen molar-refractivity contribution in [1.82, 2.24) is 0 Å². The van der Waals surface area contributed by atoms with Crippen molar-refractivity contribution in [1.29, 1.82) is 5.26 Å². The summed E-state index contributed by atoms with van der Waals surface area (Å²) in [5, 5.41) is 11.5. The normalized spacial score (nSPS) is 9.68. The summed E-state index contributed by atoms with van der Waals surface area (Å²) in [7, 11) is 0. The molecule has 4 nitrogen and oxygen atoms in total. The second-order valence-electron chi connectivity index (χ2n) is 4.24. The van der Waals surface area contributed by atoms with Gasteiger partial charge in [0.25, 0.3) is 5.91 Å². The highest BCUT2D eigenvalue weighted by atomic mass is 16.1. The van der Waals surface area contributed by atoms with Gasteiger partial charge in [0.2, 0.25) is 0 Å². The summed E-state index contributed by atoms with van der Waals surface area (Å²) in [4.78, 5) is 12.0. The fourth-order valence-corrected chi connectivity index (χ4v) is 1.73. The number of aryl methyl sites for hydroxylation is 1. The molecular weight excluding hydrogens is 238 g/mol. The number of nitrogens with one attached hydrogen (secondary N) is 1. The second kappa shape index (κ2) is 5.23. The van der Waals surface area contributed by atoms with Gasteiger partial charge in [0.1, 0.15) is 0 Å². The smallest absolute Gasteiger partial charge is 0.255 e. The Morgan fingerprint density at radius 1 is 1.26 bits per heavy atom. The lowest BCUT2D eigenvalue weighted by Crippen LogP contribution is -2.13. The third-order valence-electron chi connectivity index (χ3n) is 2.71. The molecule has 0 aromatic heterocycles. The minimum Gasteiger partial charge on any atom is -0.397 e. The highest BCUT2D eigenvalue weighted by Gasteiger charge is 2.08. The number of anilines is 2. The minimum absolute atomic E-state index is 0.222. The van der Waals surface area contributed by atoms with Gasteiger partial charge in [0.05, 0.1) is 23.0 Å². The average molecular weight is 251 g/mol. The molecule has 94 valence electrons. The molecule has 0 radical (unpaired) electrons. The number of nitriles is 1. The Kier molecular flexibility index (Phi) is 3.48. The van der Waals surface area contributed by atoms with Crippen molar-refractivity contribution >= 4 is 17.3 Å². The van der Waals surface area contributed by atoms with Gasteiger partial charge in [-0.25, -0.2) is 0 Å². The van der Waals surface area contributed by atoms with Crippen molar-refractivity contribution in [2.75, 3.05) is 11.1 Å². The topological polar surface area (TPSA) is 78.9 Å². The van der Waals surface area contributed by atoms with E-state index in [1.165, 1.54) is 6.07 Å². The fourth-order valence-electron chi connectivity index (χ4n) is 1.73. The lowest BCUT2D eigenvalue weighted by molar-refractivity contribution is 0.102. The Morgan fingerprint density at radius 3 is 2.68 bits per heavy atom. The van der Waals surface area contributed by atoms with E-state index in [9.17, 15) is 4.79 Å². The summed E-state index contributed by atoms with van der Waals surface area (Å²) < 4.78 is 0. The predicted molar refractivity (Wildman–Crippen MR) is 74.7 cm³/mol. The van der Waals surface area contributed by atoms with E-state index >= 15 is 0 Å². The first-order valence-electron chi connectivity index (χ1n) is 5.78. The van der Waals surface area contributed by atoms with Gasteiger partial charge in [-0.15, -0.1) is 0 Å². The van der Waals surface area contributed by atoms with Crippen molar-refractivity contribution < 1.29 is 4.79 Å². The molecule has 0 aliphatic rings. The van der Waals surface area contributed by atoms with Crippen molar-refractivity contribution in [2.24, 2.45) is 0 Å². The molecule has 0 spiro atoms. The monoisotopic (exact) mass is 251 g/mol. The Balaban J connectivity index is 2.22. The number of carbonyl (C=O) groups excluding carboxylic acids is 1. The van der Waals surface area contributed by atoms with Crippen LogP contribution in [0.2, 0.25) is 0 Å². The van der Waals surface area contributed by atoms with Gasteiger partial charge in [0, 0.05) is 5.56 Å². The molecule has 0 unspecified atom stereocenters. The van der Waals surface area contributed by atoms with E-state index in [1.807, 2.05) is 25.1 Å². The summed E-state index contributed by atoms with van der Waals surface area (Å²) in [6, 6.07) is 14.1. The van der Waals surface area contributed by atoms with Crippen LogP contribution in [0.4, 0.5) is 11.4 Å². The van der Waals surface area contributed by atoms with Crippen LogP contribution in [0.5, 0.6) is 0 Å². The first kappa shape index (κ1) is 12.7. The molecule has 0 aliphatic carbocycles. The summed E-state index contributed by atoms with van der Waals surface area (Å²) in [5.74, 6) is -0.222. The largest absolute Gasteiger partial charge is 0.397 e. The van der Waals surface area contributed by atoms with Crippen LogP contribution in [0, 0.1) is 18.3 Å². The molecule has 0 atom stereocenters. The Morgan fingerprint density at radius 2 is 2.05 bits per heavy atom. The lowest BCUT2D eigenvalue weighted by atomic mass is 10.1. The van der Waals surface area contributed by atoms with E-state index in [0.717, 1.165) is 5.56 Å². The molecule has 19 heavy (non-hydrogen) atoms. The summed E-state index contributed by atoms with van der Waals surface area (Å²) in [6.07, 6.45) is 0. The van der Waals surface area contributed by atoms with E-state index in [-0.39, 0.29) is 5.91 Å². The lowest BCUT2D eigenvalue weighted by Gasteiger charge is -2.08. The van der Waals surface area contributed by atoms with Crippen LogP contribution in [0.1, 0.15) is 21.5 Å². The van der Waals surface area contributed by atoms with E-state index < -0.39 is 0 Å². The molecule has 4 heteroatoms. The van der Waals surface area contributed by atoms with Crippen LogP contribution in [-0.4, -0.2) is 5.91 Å². The molecule has 0 saturated carbocycles. The molecule has 3 N–H and O–H groups in total. The molecule has 0 bridgehead atoms. The van der Waals surface area contributed by atoms with E-state index in [2.05, 4.69) is 5.32 Å². The molecule has 2 aromatic rings. The van der Waals surface area contributed by atoms with Gasteiger partial charge < -0.3 is 11.1 Å². The van der Waals surface area contributed by atoms with E-state index in [1.54, 1.807) is 24.3 Å². The Hall–Kier alpha value is -2.80. The molecule has 2 aromatic carbocycles. The van der Waals surface area contributed by atoms with Crippen LogP contribution in [-0.2, 0) is 0 Å². The maximum atomic E-state index is 12.0. The second-order valence-corrected chi connectivity index (χ2v) is 4.24. The zero-order valence-electron chi connectivity index (χ0n) is 10.5. The van der Waals surface area contributed by atoms with Crippen LogP contribution in [0.3, 0.4) is 0 Å². The Labute approximate surface area is 111 Å². The first-order chi connectivity index (χ1) is 9.10. The minimum atomic E-state index is -0.222. The van der Waals surface area contributed by atoms with Gasteiger partial charge in [0.15, 0.2) is 0 Å². The number of rotatable bonds is 2. The number of hydrogen-bond acceptors (Lipinski definition) is 3. The third-order valence-corrected chi connectivity index (χ3v) is 2.71. The molecule has 2 rings (SSSR count). The van der Waals surface area contributed by atoms with Crippen LogP contribution in [0.15, 0.2) is 42.5 Å². The average Bonchev–Trinajstić information content (AvgIpc) is 2.41. The third kappa shape index (κ3) is 2.90. The number of benzene rings is 2. The highest BCUT2D eigenvalue weighted by molar-refractivity contribution is 6.05. The number of nitrogens with two attached hydrogens (primary N) is 1. The zero-order valence-corrected chi connectivity index (χ0v) is 10.5. The van der Waals surface area contributed by atoms with E-state index in [0.29, 0.717) is 22.5 Å². The number of nitrogen functional groups attached to an aromatic ring is 1. The maximum Gasteiger partial charge on any atom is 0.255 e. The van der Waals surface area contributed by atoms with Gasteiger partial charge in [-0.05, 0) is 37.3 Å². The van der Waals surface area contributed by atoms with Gasteiger partial charge >= 0.3 is 0 Å². The van der Waals surface area contributed by atoms with Crippen LogP contribution >= 0.6 is 0 Å². The molecular formula is C15H13N3O.